The molecule has 0 aromatic heterocycles. The summed E-state index contributed by atoms with van der Waals surface area (Å²) in [4.78, 5) is 2.28. The largest absolute Gasteiger partial charge is 0.344 e. The lowest BCUT2D eigenvalue weighted by Gasteiger charge is -2.23. The lowest BCUT2D eigenvalue weighted by Crippen LogP contribution is -2.19. The van der Waals surface area contributed by atoms with Gasteiger partial charge in [0.2, 0.25) is 0 Å². The Balaban J connectivity index is 1.86. The maximum absolute atomic E-state index is 3.63. The summed E-state index contributed by atoms with van der Waals surface area (Å²) in [6, 6.07) is 16.2. The van der Waals surface area contributed by atoms with Crippen molar-refractivity contribution in [2.24, 2.45) is 0 Å². The summed E-state index contributed by atoms with van der Waals surface area (Å²) >= 11 is 0. The quantitative estimate of drug-likeness (QED) is 0.877. The summed E-state index contributed by atoms with van der Waals surface area (Å²) in [5.41, 5.74) is 6.52. The molecule has 0 spiro atoms. The summed E-state index contributed by atoms with van der Waals surface area (Å²) < 4.78 is 0. The third kappa shape index (κ3) is 3.45. The van der Waals surface area contributed by atoms with Crippen molar-refractivity contribution in [1.82, 2.24) is 5.32 Å². The van der Waals surface area contributed by atoms with Crippen LogP contribution in [0.3, 0.4) is 0 Å². The molecular weight excluding hydrogens is 256 g/mol. The van der Waals surface area contributed by atoms with Gasteiger partial charge in [0.05, 0.1) is 0 Å². The van der Waals surface area contributed by atoms with Gasteiger partial charge >= 0.3 is 0 Å². The zero-order valence-corrected chi connectivity index (χ0v) is 13.2. The molecule has 3 rings (SSSR count). The van der Waals surface area contributed by atoms with E-state index in [4.69, 9.17) is 0 Å². The molecule has 1 N–H and O–H groups in total. The zero-order valence-electron chi connectivity index (χ0n) is 13.2. The highest BCUT2D eigenvalue weighted by atomic mass is 15.1. The topological polar surface area (TPSA) is 15.3 Å². The van der Waals surface area contributed by atoms with E-state index in [1.807, 2.05) is 0 Å². The number of nitrogens with one attached hydrogen (secondary N) is 1. The van der Waals surface area contributed by atoms with E-state index in [9.17, 15) is 0 Å². The Bertz CT molecular complexity index is 612. The maximum Gasteiger partial charge on any atom is 0.0453 e. The molecule has 2 aromatic rings. The average Bonchev–Trinajstić information content (AvgIpc) is 3.29. The van der Waals surface area contributed by atoms with Crippen LogP contribution in [0.4, 0.5) is 11.4 Å². The van der Waals surface area contributed by atoms with Gasteiger partial charge in [-0.1, -0.05) is 35.4 Å². The summed E-state index contributed by atoms with van der Waals surface area (Å²) in [5, 5.41) is 3.63. The third-order valence-electron chi connectivity index (χ3n) is 4.18. The number of nitrogens with zero attached hydrogens (tertiary/aromatic N) is 1. The van der Waals surface area contributed by atoms with E-state index in [1.54, 1.807) is 0 Å². The average molecular weight is 280 g/mol. The molecule has 2 nitrogen and oxygen atoms in total. The van der Waals surface area contributed by atoms with E-state index < -0.39 is 0 Å². The SMILES string of the molecule is Cc1ccc(N(C)c2ccc(C)cc2CNC2CC2)cc1. The van der Waals surface area contributed by atoms with Crippen LogP contribution in [0.1, 0.15) is 29.5 Å². The van der Waals surface area contributed by atoms with Crippen LogP contribution in [0.15, 0.2) is 42.5 Å². The van der Waals surface area contributed by atoms with Crippen LogP contribution in [0.25, 0.3) is 0 Å². The second-order valence-electron chi connectivity index (χ2n) is 6.18. The smallest absolute Gasteiger partial charge is 0.0453 e. The second kappa shape index (κ2) is 5.90. The Morgan fingerprint density at radius 1 is 1.00 bits per heavy atom. The molecule has 1 saturated carbocycles. The fourth-order valence-corrected chi connectivity index (χ4v) is 2.63. The molecule has 21 heavy (non-hydrogen) atoms. The van der Waals surface area contributed by atoms with Crippen molar-refractivity contribution in [2.75, 3.05) is 11.9 Å². The minimum atomic E-state index is 0.739. The first-order valence-corrected chi connectivity index (χ1v) is 7.77. The van der Waals surface area contributed by atoms with Crippen molar-refractivity contribution in [3.05, 3.63) is 59.2 Å². The van der Waals surface area contributed by atoms with Crippen molar-refractivity contribution < 1.29 is 0 Å². The van der Waals surface area contributed by atoms with Gasteiger partial charge in [-0.2, -0.15) is 0 Å². The van der Waals surface area contributed by atoms with Crippen molar-refractivity contribution in [2.45, 2.75) is 39.3 Å². The van der Waals surface area contributed by atoms with Gasteiger partial charge in [-0.3, -0.25) is 0 Å². The third-order valence-corrected chi connectivity index (χ3v) is 4.18. The van der Waals surface area contributed by atoms with E-state index in [0.717, 1.165) is 12.6 Å². The van der Waals surface area contributed by atoms with Crippen molar-refractivity contribution in [1.29, 1.82) is 0 Å². The predicted molar refractivity (Wildman–Crippen MR) is 90.3 cm³/mol. The zero-order chi connectivity index (χ0) is 14.8. The molecule has 1 aliphatic carbocycles. The molecule has 2 heteroatoms. The fourth-order valence-electron chi connectivity index (χ4n) is 2.63. The van der Waals surface area contributed by atoms with Crippen molar-refractivity contribution in [3.8, 4) is 0 Å². The maximum atomic E-state index is 3.63. The van der Waals surface area contributed by atoms with Gasteiger partial charge in [-0.05, 0) is 50.5 Å². The number of anilines is 2. The summed E-state index contributed by atoms with van der Waals surface area (Å²) in [7, 11) is 2.15. The predicted octanol–water partition coefficient (Wildman–Crippen LogP) is 4.32. The van der Waals surface area contributed by atoms with Gasteiger partial charge in [0.1, 0.15) is 0 Å². The lowest BCUT2D eigenvalue weighted by atomic mass is 10.1. The Labute approximate surface area is 127 Å². The molecule has 0 saturated heterocycles. The van der Waals surface area contributed by atoms with Gasteiger partial charge in [-0.15, -0.1) is 0 Å². The van der Waals surface area contributed by atoms with Gasteiger partial charge in [0.25, 0.3) is 0 Å². The molecule has 0 bridgehead atoms. The molecule has 0 unspecified atom stereocenters. The van der Waals surface area contributed by atoms with Crippen LogP contribution < -0.4 is 10.2 Å². The van der Waals surface area contributed by atoms with Gasteiger partial charge < -0.3 is 10.2 Å². The van der Waals surface area contributed by atoms with Gasteiger partial charge in [0.15, 0.2) is 0 Å². The van der Waals surface area contributed by atoms with Crippen LogP contribution in [-0.2, 0) is 6.54 Å². The molecule has 0 aliphatic heterocycles. The van der Waals surface area contributed by atoms with Gasteiger partial charge in [0, 0.05) is 31.0 Å². The number of rotatable bonds is 5. The van der Waals surface area contributed by atoms with E-state index >= 15 is 0 Å². The summed E-state index contributed by atoms with van der Waals surface area (Å²) in [6.45, 7) is 5.24. The Kier molecular flexibility index (Phi) is 3.98. The van der Waals surface area contributed by atoms with Crippen molar-refractivity contribution >= 4 is 11.4 Å². The van der Waals surface area contributed by atoms with Crippen LogP contribution in [0, 0.1) is 13.8 Å². The molecule has 2 aromatic carbocycles. The molecule has 1 fully saturated rings. The highest BCUT2D eigenvalue weighted by molar-refractivity contribution is 5.66. The molecule has 0 amide bonds. The molecule has 0 radical (unpaired) electrons. The van der Waals surface area contributed by atoms with E-state index in [0.29, 0.717) is 0 Å². The summed E-state index contributed by atoms with van der Waals surface area (Å²) in [6.07, 6.45) is 2.66. The first-order chi connectivity index (χ1) is 10.1. The Hall–Kier alpha value is -1.80. The minimum absolute atomic E-state index is 0.739. The first-order valence-electron chi connectivity index (χ1n) is 7.77. The molecule has 1 aliphatic rings. The lowest BCUT2D eigenvalue weighted by molar-refractivity contribution is 0.687. The highest BCUT2D eigenvalue weighted by Crippen LogP contribution is 2.29. The van der Waals surface area contributed by atoms with Crippen LogP contribution in [0.2, 0.25) is 0 Å². The molecule has 0 heterocycles. The van der Waals surface area contributed by atoms with E-state index in [-0.39, 0.29) is 0 Å². The highest BCUT2D eigenvalue weighted by Gasteiger charge is 2.21. The van der Waals surface area contributed by atoms with Crippen LogP contribution in [-0.4, -0.2) is 13.1 Å². The Morgan fingerprint density at radius 2 is 1.67 bits per heavy atom. The second-order valence-corrected chi connectivity index (χ2v) is 6.18. The van der Waals surface area contributed by atoms with Crippen molar-refractivity contribution in [3.63, 3.8) is 0 Å². The van der Waals surface area contributed by atoms with Gasteiger partial charge in [-0.25, -0.2) is 0 Å². The van der Waals surface area contributed by atoms with E-state index in [1.165, 1.54) is 40.9 Å². The number of benzene rings is 2. The van der Waals surface area contributed by atoms with Crippen LogP contribution in [0.5, 0.6) is 0 Å². The fraction of sp³-hybridized carbons (Fsp3) is 0.368. The normalized spacial score (nSPS) is 14.2. The monoisotopic (exact) mass is 280 g/mol. The van der Waals surface area contributed by atoms with Crippen LogP contribution >= 0.6 is 0 Å². The molecule has 110 valence electrons. The van der Waals surface area contributed by atoms with E-state index in [2.05, 4.69) is 73.6 Å². The first kappa shape index (κ1) is 14.2. The standard InChI is InChI=1S/C19H24N2/c1-14-4-9-18(10-5-14)21(3)19-11-6-15(2)12-16(19)13-20-17-7-8-17/h4-6,9-12,17,20H,7-8,13H2,1-3H3. The number of hydrogen-bond donors (Lipinski definition) is 1. The minimum Gasteiger partial charge on any atom is -0.344 e. The summed E-state index contributed by atoms with van der Waals surface area (Å²) in [5.74, 6) is 0. The number of hydrogen-bond acceptors (Lipinski definition) is 2. The Morgan fingerprint density at radius 3 is 2.33 bits per heavy atom. The number of aryl methyl sites for hydroxylation is 2. The molecular formula is C19H24N2. The molecule has 0 atom stereocenters.